The predicted molar refractivity (Wildman–Crippen MR) is 65.8 cm³/mol. The van der Waals surface area contributed by atoms with Gasteiger partial charge < -0.3 is 0 Å². The first-order valence-electron chi connectivity index (χ1n) is 5.16. The van der Waals surface area contributed by atoms with E-state index >= 15 is 0 Å². The van der Waals surface area contributed by atoms with Gasteiger partial charge in [-0.15, -0.1) is 11.6 Å². The number of nitrogens with zero attached hydrogens (tertiary/aromatic N) is 3. The molecule has 0 aliphatic rings. The Morgan fingerprint density at radius 3 is 2.63 bits per heavy atom. The standard InChI is InChI=1S/C9H8ClN3O5S/c10-4-1-5-19(16,17)7-3-2-6(13(14)15)8-9(7)12-18-11-8/h2-3H,1,4-5H2. The van der Waals surface area contributed by atoms with Gasteiger partial charge in [-0.05, 0) is 22.8 Å². The summed E-state index contributed by atoms with van der Waals surface area (Å²) in [5, 5.41) is 17.6. The summed E-state index contributed by atoms with van der Waals surface area (Å²) in [6.45, 7) is 0. The van der Waals surface area contributed by atoms with Gasteiger partial charge in [0, 0.05) is 11.9 Å². The highest BCUT2D eigenvalue weighted by atomic mass is 35.5. The Hall–Kier alpha value is -1.74. The molecule has 10 heteroatoms. The lowest BCUT2D eigenvalue weighted by molar-refractivity contribution is -0.383. The number of rotatable bonds is 5. The number of nitro benzene ring substituents is 1. The van der Waals surface area contributed by atoms with Crippen LogP contribution in [0.15, 0.2) is 21.7 Å². The fourth-order valence-electron chi connectivity index (χ4n) is 1.58. The maximum Gasteiger partial charge on any atom is 0.300 e. The van der Waals surface area contributed by atoms with Crippen molar-refractivity contribution in [3.8, 4) is 0 Å². The van der Waals surface area contributed by atoms with Crippen LogP contribution in [0.1, 0.15) is 6.42 Å². The molecule has 2 rings (SSSR count). The monoisotopic (exact) mass is 305 g/mol. The van der Waals surface area contributed by atoms with Crippen molar-refractivity contribution in [1.29, 1.82) is 0 Å². The molecule has 0 fully saturated rings. The molecule has 0 spiro atoms. The van der Waals surface area contributed by atoms with Crippen molar-refractivity contribution in [1.82, 2.24) is 10.3 Å². The Bertz CT molecular complexity index is 727. The minimum atomic E-state index is -3.63. The quantitative estimate of drug-likeness (QED) is 0.467. The third kappa shape index (κ3) is 2.51. The fraction of sp³-hybridized carbons (Fsp3) is 0.333. The molecule has 0 saturated heterocycles. The summed E-state index contributed by atoms with van der Waals surface area (Å²) in [5.74, 6) is 0.0304. The Morgan fingerprint density at radius 1 is 1.32 bits per heavy atom. The molecule has 102 valence electrons. The number of halogens is 1. The van der Waals surface area contributed by atoms with Crippen molar-refractivity contribution in [2.75, 3.05) is 11.6 Å². The average Bonchev–Trinajstić information content (AvgIpc) is 2.83. The largest absolute Gasteiger partial charge is 0.300 e. The van der Waals surface area contributed by atoms with E-state index in [9.17, 15) is 18.5 Å². The Balaban J connectivity index is 2.61. The fourth-order valence-corrected chi connectivity index (χ4v) is 3.32. The van der Waals surface area contributed by atoms with E-state index in [1.54, 1.807) is 0 Å². The molecule has 0 unspecified atom stereocenters. The highest BCUT2D eigenvalue weighted by molar-refractivity contribution is 7.91. The average molecular weight is 306 g/mol. The van der Waals surface area contributed by atoms with Crippen LogP contribution >= 0.6 is 11.6 Å². The van der Waals surface area contributed by atoms with Gasteiger partial charge in [-0.1, -0.05) is 0 Å². The lowest BCUT2D eigenvalue weighted by Crippen LogP contribution is -2.08. The van der Waals surface area contributed by atoms with E-state index in [0.717, 1.165) is 12.1 Å². The summed E-state index contributed by atoms with van der Waals surface area (Å²) in [7, 11) is -3.63. The SMILES string of the molecule is O=[N+]([O-])c1ccc(S(=O)(=O)CCCCl)c2nonc12. The Labute approximate surface area is 112 Å². The van der Waals surface area contributed by atoms with Crippen LogP contribution in [0, 0.1) is 10.1 Å². The van der Waals surface area contributed by atoms with Gasteiger partial charge in [0.1, 0.15) is 0 Å². The van der Waals surface area contributed by atoms with Crippen LogP contribution in [0.4, 0.5) is 5.69 Å². The van der Waals surface area contributed by atoms with Gasteiger partial charge in [0.2, 0.25) is 5.52 Å². The van der Waals surface area contributed by atoms with E-state index in [4.69, 9.17) is 11.6 Å². The molecule has 0 aliphatic carbocycles. The van der Waals surface area contributed by atoms with Gasteiger partial charge in [0.15, 0.2) is 15.4 Å². The minimum absolute atomic E-state index is 0.135. The molecule has 1 aromatic heterocycles. The second-order valence-electron chi connectivity index (χ2n) is 3.66. The molecular formula is C9H8ClN3O5S. The van der Waals surface area contributed by atoms with Gasteiger partial charge in [-0.3, -0.25) is 10.1 Å². The first-order chi connectivity index (χ1) is 8.97. The summed E-state index contributed by atoms with van der Waals surface area (Å²) in [5.41, 5.74) is -0.673. The van der Waals surface area contributed by atoms with Gasteiger partial charge >= 0.3 is 5.69 Å². The van der Waals surface area contributed by atoms with Crippen molar-refractivity contribution < 1.29 is 18.0 Å². The molecule has 1 heterocycles. The summed E-state index contributed by atoms with van der Waals surface area (Å²) in [6, 6.07) is 2.20. The number of hydrogen-bond acceptors (Lipinski definition) is 7. The summed E-state index contributed by atoms with van der Waals surface area (Å²) in [6.07, 6.45) is 0.271. The lowest BCUT2D eigenvalue weighted by Gasteiger charge is -2.03. The second kappa shape index (κ2) is 5.10. The Morgan fingerprint density at radius 2 is 2.00 bits per heavy atom. The van der Waals surface area contributed by atoms with Crippen molar-refractivity contribution in [2.45, 2.75) is 11.3 Å². The van der Waals surface area contributed by atoms with Crippen molar-refractivity contribution in [3.63, 3.8) is 0 Å². The molecule has 8 nitrogen and oxygen atoms in total. The van der Waals surface area contributed by atoms with Crippen LogP contribution in [0.3, 0.4) is 0 Å². The summed E-state index contributed by atoms with van der Waals surface area (Å²) < 4.78 is 28.5. The number of fused-ring (bicyclic) bond motifs is 1. The molecule has 0 radical (unpaired) electrons. The first kappa shape index (κ1) is 13.7. The summed E-state index contributed by atoms with van der Waals surface area (Å²) >= 11 is 5.46. The maximum atomic E-state index is 12.0. The van der Waals surface area contributed by atoms with E-state index < -0.39 is 14.8 Å². The van der Waals surface area contributed by atoms with E-state index in [0.29, 0.717) is 0 Å². The zero-order chi connectivity index (χ0) is 14.0. The van der Waals surface area contributed by atoms with E-state index in [1.807, 2.05) is 0 Å². The maximum absolute atomic E-state index is 12.0. The number of aromatic nitrogens is 2. The molecule has 0 amide bonds. The van der Waals surface area contributed by atoms with Crippen LogP contribution in [-0.2, 0) is 9.84 Å². The lowest BCUT2D eigenvalue weighted by atomic mass is 10.3. The Kier molecular flexibility index (Phi) is 3.67. The molecule has 0 saturated carbocycles. The van der Waals surface area contributed by atoms with E-state index in [2.05, 4.69) is 14.9 Å². The van der Waals surface area contributed by atoms with Crippen molar-refractivity contribution >= 4 is 38.2 Å². The molecule has 1 aromatic carbocycles. The van der Waals surface area contributed by atoms with E-state index in [1.165, 1.54) is 0 Å². The smallest absolute Gasteiger partial charge is 0.258 e. The normalized spacial score (nSPS) is 11.8. The summed E-state index contributed by atoms with van der Waals surface area (Å²) in [4.78, 5) is 9.96. The van der Waals surface area contributed by atoms with E-state index in [-0.39, 0.29) is 39.7 Å². The molecule has 0 N–H and O–H groups in total. The predicted octanol–water partition coefficient (Wildman–Crippen LogP) is 1.53. The molecule has 2 aromatic rings. The van der Waals surface area contributed by atoms with Gasteiger partial charge in [0.05, 0.1) is 15.6 Å². The zero-order valence-electron chi connectivity index (χ0n) is 9.45. The second-order valence-corrected chi connectivity index (χ2v) is 6.12. The topological polar surface area (TPSA) is 116 Å². The number of non-ortho nitro benzene ring substituents is 1. The third-order valence-corrected chi connectivity index (χ3v) is 4.53. The van der Waals surface area contributed by atoms with Crippen molar-refractivity contribution in [2.24, 2.45) is 0 Å². The minimum Gasteiger partial charge on any atom is -0.258 e. The number of alkyl halides is 1. The van der Waals surface area contributed by atoms with Crippen LogP contribution < -0.4 is 0 Å². The zero-order valence-corrected chi connectivity index (χ0v) is 11.0. The van der Waals surface area contributed by atoms with Gasteiger partial charge in [-0.2, -0.15) is 0 Å². The van der Waals surface area contributed by atoms with Gasteiger partial charge in [0.25, 0.3) is 0 Å². The van der Waals surface area contributed by atoms with Gasteiger partial charge in [-0.25, -0.2) is 13.0 Å². The number of benzene rings is 1. The van der Waals surface area contributed by atoms with Crippen LogP contribution in [0.5, 0.6) is 0 Å². The number of nitro groups is 1. The first-order valence-corrected chi connectivity index (χ1v) is 7.34. The van der Waals surface area contributed by atoms with Crippen LogP contribution in [0.2, 0.25) is 0 Å². The third-order valence-electron chi connectivity index (χ3n) is 2.44. The highest BCUT2D eigenvalue weighted by Gasteiger charge is 2.25. The number of hydrogen-bond donors (Lipinski definition) is 0. The molecule has 0 aliphatic heterocycles. The van der Waals surface area contributed by atoms with Crippen LogP contribution in [-0.4, -0.2) is 35.3 Å². The highest BCUT2D eigenvalue weighted by Crippen LogP contribution is 2.28. The van der Waals surface area contributed by atoms with Crippen LogP contribution in [0.25, 0.3) is 11.0 Å². The molecular weight excluding hydrogens is 298 g/mol. The molecule has 0 bridgehead atoms. The molecule has 0 atom stereocenters. The number of sulfone groups is 1. The van der Waals surface area contributed by atoms with Crippen molar-refractivity contribution in [3.05, 3.63) is 22.2 Å². The molecule has 19 heavy (non-hydrogen) atoms.